The van der Waals surface area contributed by atoms with Crippen molar-refractivity contribution >= 4 is 27.2 Å². The van der Waals surface area contributed by atoms with Gasteiger partial charge in [-0.3, -0.25) is 0 Å². The zero-order chi connectivity index (χ0) is 18.7. The molecule has 8 heteroatoms. The van der Waals surface area contributed by atoms with Gasteiger partial charge in [0.05, 0.1) is 23.8 Å². The molecule has 0 spiro atoms. The Morgan fingerprint density at radius 2 is 2.08 bits per heavy atom. The lowest BCUT2D eigenvalue weighted by atomic mass is 10.2. The van der Waals surface area contributed by atoms with Crippen molar-refractivity contribution in [3.8, 4) is 5.75 Å². The lowest BCUT2D eigenvalue weighted by molar-refractivity contribution is 0.342. The lowest BCUT2D eigenvalue weighted by Crippen LogP contribution is -2.33. The minimum Gasteiger partial charge on any atom is -0.492 e. The third kappa shape index (κ3) is 4.24. The molecule has 3 rings (SSSR count). The Hall–Kier alpha value is -2.35. The van der Waals surface area contributed by atoms with Crippen LogP contribution in [-0.2, 0) is 9.84 Å². The number of ether oxygens (including phenoxy) is 1. The van der Waals surface area contributed by atoms with Crippen molar-refractivity contribution in [2.45, 2.75) is 26.3 Å². The Morgan fingerprint density at radius 3 is 2.77 bits per heavy atom. The Morgan fingerprint density at radius 1 is 1.31 bits per heavy atom. The molecule has 1 aromatic heterocycles. The van der Waals surface area contributed by atoms with Gasteiger partial charge in [-0.05, 0) is 32.4 Å². The zero-order valence-electron chi connectivity index (χ0n) is 15.3. The number of nitrogens with zero attached hydrogens (tertiary/aromatic N) is 3. The summed E-state index contributed by atoms with van der Waals surface area (Å²) in [7, 11) is -1.07. The standard InChI is InChI=1S/C18H24N4O3S/c1-4-25-16-8-6-5-7-15(16)21-17-11-18(20-13(2)19-17)22(3)14-9-10-26(23,24)12-14/h5-8,11,14H,4,9-10,12H2,1-3H3,(H,19,20,21). The highest BCUT2D eigenvalue weighted by Gasteiger charge is 2.31. The second kappa shape index (κ2) is 7.49. The van der Waals surface area contributed by atoms with Crippen molar-refractivity contribution in [1.29, 1.82) is 0 Å². The average Bonchev–Trinajstić information content (AvgIpc) is 2.95. The summed E-state index contributed by atoms with van der Waals surface area (Å²) in [5.41, 5.74) is 0.824. The first kappa shape index (κ1) is 18.4. The summed E-state index contributed by atoms with van der Waals surface area (Å²) in [4.78, 5) is 10.8. The summed E-state index contributed by atoms with van der Waals surface area (Å²) in [6.07, 6.45) is 0.623. The minimum absolute atomic E-state index is 0.0575. The fourth-order valence-electron chi connectivity index (χ4n) is 3.05. The van der Waals surface area contributed by atoms with Crippen LogP contribution in [0.5, 0.6) is 5.75 Å². The van der Waals surface area contributed by atoms with Crippen LogP contribution < -0.4 is 15.0 Å². The van der Waals surface area contributed by atoms with E-state index in [0.29, 0.717) is 30.5 Å². The minimum atomic E-state index is -2.95. The molecule has 7 nitrogen and oxygen atoms in total. The maximum absolute atomic E-state index is 11.8. The van der Waals surface area contributed by atoms with Crippen molar-refractivity contribution in [2.75, 3.05) is 35.4 Å². The number of hydrogen-bond donors (Lipinski definition) is 1. The molecule has 0 amide bonds. The molecule has 1 unspecified atom stereocenters. The van der Waals surface area contributed by atoms with Crippen LogP contribution in [0.1, 0.15) is 19.2 Å². The molecule has 1 aliphatic rings. The first-order valence-electron chi connectivity index (χ1n) is 8.66. The number of rotatable bonds is 6. The SMILES string of the molecule is CCOc1ccccc1Nc1cc(N(C)C2CCS(=O)(=O)C2)nc(C)n1. The van der Waals surface area contributed by atoms with E-state index in [1.54, 1.807) is 0 Å². The van der Waals surface area contributed by atoms with Gasteiger partial charge in [0.2, 0.25) is 0 Å². The molecule has 26 heavy (non-hydrogen) atoms. The fourth-order valence-corrected chi connectivity index (χ4v) is 4.83. The number of benzene rings is 1. The lowest BCUT2D eigenvalue weighted by Gasteiger charge is -2.25. The van der Waals surface area contributed by atoms with Gasteiger partial charge in [0.25, 0.3) is 0 Å². The van der Waals surface area contributed by atoms with Gasteiger partial charge in [0.1, 0.15) is 23.2 Å². The first-order valence-corrected chi connectivity index (χ1v) is 10.5. The fraction of sp³-hybridized carbons (Fsp3) is 0.444. The van der Waals surface area contributed by atoms with Crippen LogP contribution in [0.3, 0.4) is 0 Å². The van der Waals surface area contributed by atoms with Crippen molar-refractivity contribution in [3.63, 3.8) is 0 Å². The molecule has 0 aliphatic carbocycles. The van der Waals surface area contributed by atoms with E-state index in [4.69, 9.17) is 4.74 Å². The summed E-state index contributed by atoms with van der Waals surface area (Å²) < 4.78 is 29.2. The van der Waals surface area contributed by atoms with Gasteiger partial charge >= 0.3 is 0 Å². The number of sulfone groups is 1. The quantitative estimate of drug-likeness (QED) is 0.829. The third-order valence-corrected chi connectivity index (χ3v) is 6.14. The second-order valence-corrected chi connectivity index (χ2v) is 8.61. The molecule has 1 atom stereocenters. The molecule has 0 saturated carbocycles. The van der Waals surface area contributed by atoms with Crippen LogP contribution in [0.4, 0.5) is 17.3 Å². The molecule has 140 valence electrons. The highest BCUT2D eigenvalue weighted by molar-refractivity contribution is 7.91. The summed E-state index contributed by atoms with van der Waals surface area (Å²) in [5, 5.41) is 3.28. The maximum Gasteiger partial charge on any atom is 0.152 e. The number of hydrogen-bond acceptors (Lipinski definition) is 7. The molecule has 0 bridgehead atoms. The van der Waals surface area contributed by atoms with Gasteiger partial charge in [0, 0.05) is 19.2 Å². The highest BCUT2D eigenvalue weighted by Crippen LogP contribution is 2.29. The van der Waals surface area contributed by atoms with Gasteiger partial charge in [0.15, 0.2) is 9.84 Å². The van der Waals surface area contributed by atoms with Crippen LogP contribution in [0, 0.1) is 6.92 Å². The number of aromatic nitrogens is 2. The van der Waals surface area contributed by atoms with Crippen LogP contribution in [0.15, 0.2) is 30.3 Å². The monoisotopic (exact) mass is 376 g/mol. The Bertz CT molecular complexity index is 886. The van der Waals surface area contributed by atoms with Crippen LogP contribution >= 0.6 is 0 Å². The van der Waals surface area contributed by atoms with Gasteiger partial charge in [-0.15, -0.1) is 0 Å². The molecule has 1 saturated heterocycles. The van der Waals surface area contributed by atoms with E-state index in [-0.39, 0.29) is 17.5 Å². The van der Waals surface area contributed by atoms with Crippen molar-refractivity contribution in [3.05, 3.63) is 36.2 Å². The van der Waals surface area contributed by atoms with E-state index in [1.807, 2.05) is 56.1 Å². The number of anilines is 3. The Kier molecular flexibility index (Phi) is 5.31. The molecule has 2 aromatic rings. The molecular formula is C18H24N4O3S. The largest absolute Gasteiger partial charge is 0.492 e. The molecule has 1 aliphatic heterocycles. The van der Waals surface area contributed by atoms with E-state index in [0.717, 1.165) is 11.4 Å². The smallest absolute Gasteiger partial charge is 0.152 e. The third-order valence-electron chi connectivity index (χ3n) is 4.39. The average molecular weight is 376 g/mol. The maximum atomic E-state index is 11.8. The summed E-state index contributed by atoms with van der Waals surface area (Å²) in [5.74, 6) is 3.12. The van der Waals surface area contributed by atoms with Gasteiger partial charge in [-0.2, -0.15) is 0 Å². The summed E-state index contributed by atoms with van der Waals surface area (Å²) in [6.45, 7) is 4.34. The van der Waals surface area contributed by atoms with E-state index >= 15 is 0 Å². The van der Waals surface area contributed by atoms with Gasteiger partial charge in [-0.1, -0.05) is 12.1 Å². The summed E-state index contributed by atoms with van der Waals surface area (Å²) >= 11 is 0. The van der Waals surface area contributed by atoms with Crippen molar-refractivity contribution in [1.82, 2.24) is 9.97 Å². The number of nitrogens with one attached hydrogen (secondary N) is 1. The molecular weight excluding hydrogens is 352 g/mol. The van der Waals surface area contributed by atoms with E-state index in [9.17, 15) is 8.42 Å². The summed E-state index contributed by atoms with van der Waals surface area (Å²) in [6, 6.07) is 9.45. The van der Waals surface area contributed by atoms with Crippen LogP contribution in [0.2, 0.25) is 0 Å². The van der Waals surface area contributed by atoms with Crippen molar-refractivity contribution < 1.29 is 13.2 Å². The topological polar surface area (TPSA) is 84.4 Å². The predicted octanol–water partition coefficient (Wildman–Crippen LogP) is 2.55. The zero-order valence-corrected chi connectivity index (χ0v) is 16.1. The molecule has 2 heterocycles. The van der Waals surface area contributed by atoms with E-state index in [1.165, 1.54) is 0 Å². The van der Waals surface area contributed by atoms with Gasteiger partial charge < -0.3 is 15.0 Å². The highest BCUT2D eigenvalue weighted by atomic mass is 32.2. The van der Waals surface area contributed by atoms with E-state index < -0.39 is 9.84 Å². The van der Waals surface area contributed by atoms with E-state index in [2.05, 4.69) is 15.3 Å². The first-order chi connectivity index (χ1) is 12.4. The van der Waals surface area contributed by atoms with Crippen LogP contribution in [-0.4, -0.2) is 49.6 Å². The number of aryl methyl sites for hydroxylation is 1. The predicted molar refractivity (Wildman–Crippen MR) is 103 cm³/mol. The molecule has 1 fully saturated rings. The normalized spacial score (nSPS) is 18.5. The van der Waals surface area contributed by atoms with Gasteiger partial charge in [-0.25, -0.2) is 18.4 Å². The molecule has 1 aromatic carbocycles. The Balaban J connectivity index is 1.84. The molecule has 1 N–H and O–H groups in total. The molecule has 0 radical (unpaired) electrons. The van der Waals surface area contributed by atoms with Crippen molar-refractivity contribution in [2.24, 2.45) is 0 Å². The second-order valence-electron chi connectivity index (χ2n) is 6.38. The van der Waals surface area contributed by atoms with Crippen LogP contribution in [0.25, 0.3) is 0 Å². The number of para-hydroxylation sites is 2. The Labute approximate surface area is 154 Å².